The van der Waals surface area contributed by atoms with Gasteiger partial charge in [0.15, 0.2) is 0 Å². The Labute approximate surface area is 115 Å². The molecule has 0 aromatic heterocycles. The highest BCUT2D eigenvalue weighted by atomic mass is 79.9. The van der Waals surface area contributed by atoms with Crippen molar-refractivity contribution in [3.8, 4) is 0 Å². The molecule has 5 heteroatoms. The number of carbonyl (C=O) groups excluding carboxylic acids is 1. The maximum absolute atomic E-state index is 11.7. The van der Waals surface area contributed by atoms with E-state index in [9.17, 15) is 9.90 Å². The average molecular weight is 313 g/mol. The quantitative estimate of drug-likeness (QED) is 0.803. The smallest absolute Gasteiger partial charge is 0.319 e. The summed E-state index contributed by atoms with van der Waals surface area (Å²) in [6.45, 7) is 2.24. The molecule has 0 saturated heterocycles. The van der Waals surface area contributed by atoms with E-state index in [0.29, 0.717) is 6.54 Å². The Morgan fingerprint density at radius 3 is 2.83 bits per heavy atom. The number of benzene rings is 1. The molecule has 1 aromatic carbocycles. The summed E-state index contributed by atoms with van der Waals surface area (Å²) in [6, 6.07) is 5.43. The fourth-order valence-corrected chi connectivity index (χ4v) is 2.26. The highest BCUT2D eigenvalue weighted by Gasteiger charge is 2.34. The van der Waals surface area contributed by atoms with Gasteiger partial charge < -0.3 is 15.7 Å². The van der Waals surface area contributed by atoms with E-state index in [2.05, 4.69) is 26.6 Å². The summed E-state index contributed by atoms with van der Waals surface area (Å²) in [7, 11) is 0. The molecule has 4 nitrogen and oxygen atoms in total. The predicted octanol–water partition coefficient (Wildman–Crippen LogP) is 2.79. The summed E-state index contributed by atoms with van der Waals surface area (Å²) in [4.78, 5) is 11.7. The summed E-state index contributed by atoms with van der Waals surface area (Å²) in [5, 5.41) is 15.4. The Morgan fingerprint density at radius 1 is 1.50 bits per heavy atom. The van der Waals surface area contributed by atoms with Crippen LogP contribution in [0.25, 0.3) is 0 Å². The first-order valence-corrected chi connectivity index (χ1v) is 6.81. The van der Waals surface area contributed by atoms with Crippen LogP contribution in [-0.4, -0.2) is 23.3 Å². The Bertz CT molecular complexity index is 458. The van der Waals surface area contributed by atoms with Crippen molar-refractivity contribution in [3.05, 3.63) is 28.2 Å². The Balaban J connectivity index is 1.88. The van der Waals surface area contributed by atoms with Crippen LogP contribution in [0.3, 0.4) is 0 Å². The molecule has 18 heavy (non-hydrogen) atoms. The lowest BCUT2D eigenvalue weighted by atomic mass is 9.80. The third kappa shape index (κ3) is 3.23. The van der Waals surface area contributed by atoms with Gasteiger partial charge >= 0.3 is 6.03 Å². The third-order valence-corrected chi connectivity index (χ3v) is 3.80. The standard InChI is InChI=1S/C13H17BrN2O2/c1-9-3-4-10(14)7-11(9)16-12(17)15-8-13(18)5-2-6-13/h3-4,7,18H,2,5-6,8H2,1H3,(H2,15,16,17). The van der Waals surface area contributed by atoms with Gasteiger partial charge in [0.25, 0.3) is 0 Å². The number of urea groups is 1. The molecular weight excluding hydrogens is 296 g/mol. The molecule has 1 aliphatic carbocycles. The second-order valence-corrected chi connectivity index (χ2v) is 5.76. The zero-order chi connectivity index (χ0) is 13.2. The molecule has 2 amide bonds. The van der Waals surface area contributed by atoms with Crippen molar-refractivity contribution in [2.45, 2.75) is 31.8 Å². The van der Waals surface area contributed by atoms with Crippen molar-refractivity contribution >= 4 is 27.6 Å². The molecule has 0 bridgehead atoms. The second-order valence-electron chi connectivity index (χ2n) is 4.84. The van der Waals surface area contributed by atoms with E-state index in [1.165, 1.54) is 0 Å². The first kappa shape index (κ1) is 13.4. The van der Waals surface area contributed by atoms with Crippen LogP contribution in [0.1, 0.15) is 24.8 Å². The van der Waals surface area contributed by atoms with Gasteiger partial charge in [-0.15, -0.1) is 0 Å². The SMILES string of the molecule is Cc1ccc(Br)cc1NC(=O)NCC1(O)CCC1. The van der Waals surface area contributed by atoms with Gasteiger partial charge in [-0.2, -0.15) is 0 Å². The third-order valence-electron chi connectivity index (χ3n) is 3.31. The van der Waals surface area contributed by atoms with Crippen LogP contribution >= 0.6 is 15.9 Å². The number of halogens is 1. The Hall–Kier alpha value is -1.07. The topological polar surface area (TPSA) is 61.4 Å². The number of hydrogen-bond donors (Lipinski definition) is 3. The Morgan fingerprint density at radius 2 is 2.22 bits per heavy atom. The van der Waals surface area contributed by atoms with Gasteiger partial charge in [0, 0.05) is 16.7 Å². The minimum absolute atomic E-state index is 0.281. The molecule has 0 heterocycles. The Kier molecular flexibility index (Phi) is 3.92. The highest BCUT2D eigenvalue weighted by Crippen LogP contribution is 2.30. The molecule has 98 valence electrons. The van der Waals surface area contributed by atoms with Crippen LogP contribution in [0.2, 0.25) is 0 Å². The van der Waals surface area contributed by atoms with Gasteiger partial charge in [-0.3, -0.25) is 0 Å². The monoisotopic (exact) mass is 312 g/mol. The number of amides is 2. The zero-order valence-corrected chi connectivity index (χ0v) is 11.9. The average Bonchev–Trinajstić information content (AvgIpc) is 2.29. The largest absolute Gasteiger partial charge is 0.388 e. The van der Waals surface area contributed by atoms with Crippen LogP contribution < -0.4 is 10.6 Å². The fraction of sp³-hybridized carbons (Fsp3) is 0.462. The van der Waals surface area contributed by atoms with Crippen LogP contribution in [0, 0.1) is 6.92 Å². The molecule has 0 spiro atoms. The zero-order valence-electron chi connectivity index (χ0n) is 10.3. The van der Waals surface area contributed by atoms with E-state index in [4.69, 9.17) is 0 Å². The molecular formula is C13H17BrN2O2. The van der Waals surface area contributed by atoms with E-state index < -0.39 is 5.60 Å². The summed E-state index contributed by atoms with van der Waals surface area (Å²) in [6.07, 6.45) is 2.57. The molecule has 1 aliphatic rings. The predicted molar refractivity (Wildman–Crippen MR) is 74.7 cm³/mol. The number of carbonyl (C=O) groups is 1. The van der Waals surface area contributed by atoms with Crippen molar-refractivity contribution in [2.24, 2.45) is 0 Å². The van der Waals surface area contributed by atoms with E-state index in [1.807, 2.05) is 25.1 Å². The van der Waals surface area contributed by atoms with Crippen molar-refractivity contribution < 1.29 is 9.90 Å². The van der Waals surface area contributed by atoms with Crippen LogP contribution in [0.15, 0.2) is 22.7 Å². The lowest BCUT2D eigenvalue weighted by molar-refractivity contribution is -0.0287. The number of anilines is 1. The highest BCUT2D eigenvalue weighted by molar-refractivity contribution is 9.10. The van der Waals surface area contributed by atoms with Gasteiger partial charge in [-0.25, -0.2) is 4.79 Å². The number of hydrogen-bond acceptors (Lipinski definition) is 2. The minimum Gasteiger partial charge on any atom is -0.388 e. The molecule has 0 atom stereocenters. The summed E-state index contributed by atoms with van der Waals surface area (Å²) < 4.78 is 0.918. The van der Waals surface area contributed by atoms with Gasteiger partial charge in [-0.1, -0.05) is 22.0 Å². The molecule has 2 rings (SSSR count). The fourth-order valence-electron chi connectivity index (χ4n) is 1.90. The summed E-state index contributed by atoms with van der Waals surface area (Å²) in [5.74, 6) is 0. The van der Waals surface area contributed by atoms with E-state index in [-0.39, 0.29) is 6.03 Å². The first-order chi connectivity index (χ1) is 8.48. The number of rotatable bonds is 3. The molecule has 0 unspecified atom stereocenters. The molecule has 0 aliphatic heterocycles. The van der Waals surface area contributed by atoms with E-state index >= 15 is 0 Å². The van der Waals surface area contributed by atoms with Crippen LogP contribution in [-0.2, 0) is 0 Å². The number of nitrogens with one attached hydrogen (secondary N) is 2. The van der Waals surface area contributed by atoms with Crippen LogP contribution in [0.5, 0.6) is 0 Å². The van der Waals surface area contributed by atoms with Gasteiger partial charge in [0.2, 0.25) is 0 Å². The van der Waals surface area contributed by atoms with Gasteiger partial charge in [0.05, 0.1) is 5.60 Å². The summed E-state index contributed by atoms with van der Waals surface area (Å²) >= 11 is 3.37. The maximum atomic E-state index is 11.7. The summed E-state index contributed by atoms with van der Waals surface area (Å²) in [5.41, 5.74) is 1.07. The van der Waals surface area contributed by atoms with Crippen molar-refractivity contribution in [1.82, 2.24) is 5.32 Å². The maximum Gasteiger partial charge on any atom is 0.319 e. The number of aryl methyl sites for hydroxylation is 1. The molecule has 1 saturated carbocycles. The molecule has 0 radical (unpaired) electrons. The van der Waals surface area contributed by atoms with Crippen LogP contribution in [0.4, 0.5) is 10.5 Å². The second kappa shape index (κ2) is 5.28. The normalized spacial score (nSPS) is 16.8. The minimum atomic E-state index is -0.691. The molecule has 1 fully saturated rings. The molecule has 3 N–H and O–H groups in total. The van der Waals surface area contributed by atoms with E-state index in [1.54, 1.807) is 0 Å². The van der Waals surface area contributed by atoms with Crippen molar-refractivity contribution in [3.63, 3.8) is 0 Å². The lowest BCUT2D eigenvalue weighted by Gasteiger charge is -2.36. The van der Waals surface area contributed by atoms with Crippen molar-refractivity contribution in [2.75, 3.05) is 11.9 Å². The van der Waals surface area contributed by atoms with Gasteiger partial charge in [-0.05, 0) is 43.9 Å². The van der Waals surface area contributed by atoms with Crippen molar-refractivity contribution in [1.29, 1.82) is 0 Å². The number of aliphatic hydroxyl groups is 1. The lowest BCUT2D eigenvalue weighted by Crippen LogP contribution is -2.48. The first-order valence-electron chi connectivity index (χ1n) is 6.02. The van der Waals surface area contributed by atoms with Gasteiger partial charge in [0.1, 0.15) is 0 Å². The van der Waals surface area contributed by atoms with E-state index in [0.717, 1.165) is 35.0 Å². The molecule has 1 aromatic rings.